The van der Waals surface area contributed by atoms with Gasteiger partial charge in [0.2, 0.25) is 5.91 Å². The van der Waals surface area contributed by atoms with Gasteiger partial charge in [-0.2, -0.15) is 0 Å². The van der Waals surface area contributed by atoms with Crippen molar-refractivity contribution in [2.45, 2.75) is 33.1 Å². The Labute approximate surface area is 105 Å². The maximum Gasteiger partial charge on any atom is 0.222 e. The highest BCUT2D eigenvalue weighted by Gasteiger charge is 2.22. The Bertz CT molecular complexity index is 272. The van der Waals surface area contributed by atoms with E-state index in [-0.39, 0.29) is 0 Å². The third kappa shape index (κ3) is 5.23. The molecule has 1 aliphatic rings. The molecular weight excluding hydrogens is 214 g/mol. The lowest BCUT2D eigenvalue weighted by atomic mass is 9.97. The highest BCUT2D eigenvalue weighted by Crippen LogP contribution is 2.18. The van der Waals surface area contributed by atoms with E-state index in [2.05, 4.69) is 19.8 Å². The first-order valence-electron chi connectivity index (χ1n) is 6.42. The molecule has 0 radical (unpaired) electrons. The fourth-order valence-electron chi connectivity index (χ4n) is 2.11. The average molecular weight is 237 g/mol. The summed E-state index contributed by atoms with van der Waals surface area (Å²) < 4.78 is 5.34. The molecule has 0 aromatic heterocycles. The number of nitrogens with zero attached hydrogens (tertiary/aromatic N) is 1. The summed E-state index contributed by atoms with van der Waals surface area (Å²) in [6, 6.07) is 0. The van der Waals surface area contributed by atoms with Gasteiger partial charge in [0.05, 0.1) is 6.61 Å². The Morgan fingerprint density at radius 1 is 1.47 bits per heavy atom. The standard InChI is InChI=1S/C14H23NO2/c1-4-9-17-11-13-5-7-15(8-6-13)14(16)10-12(2)3/h1,12-13H,5-11H2,2-3H3. The van der Waals surface area contributed by atoms with Crippen LogP contribution in [0.15, 0.2) is 0 Å². The molecule has 0 spiro atoms. The molecule has 3 heteroatoms. The summed E-state index contributed by atoms with van der Waals surface area (Å²) in [5.74, 6) is 3.77. The van der Waals surface area contributed by atoms with Gasteiger partial charge in [-0.25, -0.2) is 0 Å². The summed E-state index contributed by atoms with van der Waals surface area (Å²) in [5, 5.41) is 0. The van der Waals surface area contributed by atoms with E-state index in [0.29, 0.717) is 30.8 Å². The van der Waals surface area contributed by atoms with Crippen LogP contribution in [0.4, 0.5) is 0 Å². The highest BCUT2D eigenvalue weighted by atomic mass is 16.5. The SMILES string of the molecule is C#CCOCC1CCN(C(=O)CC(C)C)CC1. The first-order chi connectivity index (χ1) is 8.13. The second-order valence-electron chi connectivity index (χ2n) is 5.14. The maximum atomic E-state index is 11.8. The van der Waals surface area contributed by atoms with Crippen molar-refractivity contribution in [1.29, 1.82) is 0 Å². The van der Waals surface area contributed by atoms with E-state index in [1.54, 1.807) is 0 Å². The lowest BCUT2D eigenvalue weighted by Crippen LogP contribution is -2.39. The first-order valence-corrected chi connectivity index (χ1v) is 6.42. The molecule has 3 nitrogen and oxygen atoms in total. The van der Waals surface area contributed by atoms with Crippen molar-refractivity contribution in [2.75, 3.05) is 26.3 Å². The van der Waals surface area contributed by atoms with Gasteiger partial charge in [0.15, 0.2) is 0 Å². The summed E-state index contributed by atoms with van der Waals surface area (Å²) in [6.07, 6.45) is 7.86. The Balaban J connectivity index is 2.21. The van der Waals surface area contributed by atoms with Crippen molar-refractivity contribution in [3.63, 3.8) is 0 Å². The quantitative estimate of drug-likeness (QED) is 0.540. The Kier molecular flexibility index (Phi) is 6.07. The molecule has 1 saturated heterocycles. The third-order valence-electron chi connectivity index (χ3n) is 3.09. The molecule has 0 aromatic rings. The van der Waals surface area contributed by atoms with E-state index in [9.17, 15) is 4.79 Å². The number of amides is 1. The van der Waals surface area contributed by atoms with E-state index < -0.39 is 0 Å². The summed E-state index contributed by atoms with van der Waals surface area (Å²) in [6.45, 7) is 7.03. The van der Waals surface area contributed by atoms with Gasteiger partial charge in [-0.1, -0.05) is 19.8 Å². The molecule has 0 bridgehead atoms. The van der Waals surface area contributed by atoms with Gasteiger partial charge in [-0.05, 0) is 24.7 Å². The largest absolute Gasteiger partial charge is 0.369 e. The molecule has 1 aliphatic heterocycles. The number of hydrogen-bond donors (Lipinski definition) is 0. The molecule has 1 rings (SSSR count). The first kappa shape index (κ1) is 14.1. The fraction of sp³-hybridized carbons (Fsp3) is 0.786. The topological polar surface area (TPSA) is 29.5 Å². The average Bonchev–Trinajstić information content (AvgIpc) is 2.29. The lowest BCUT2D eigenvalue weighted by Gasteiger charge is -2.32. The molecule has 1 amide bonds. The Morgan fingerprint density at radius 2 is 2.12 bits per heavy atom. The van der Waals surface area contributed by atoms with Crippen LogP contribution < -0.4 is 0 Å². The molecule has 96 valence electrons. The van der Waals surface area contributed by atoms with Gasteiger partial charge in [-0.3, -0.25) is 4.79 Å². The smallest absolute Gasteiger partial charge is 0.222 e. The molecule has 0 atom stereocenters. The molecule has 1 fully saturated rings. The lowest BCUT2D eigenvalue weighted by molar-refractivity contribution is -0.133. The Hall–Kier alpha value is -1.01. The van der Waals surface area contributed by atoms with E-state index in [1.165, 1.54) is 0 Å². The summed E-state index contributed by atoms with van der Waals surface area (Å²) >= 11 is 0. The second kappa shape index (κ2) is 7.34. The fourth-order valence-corrected chi connectivity index (χ4v) is 2.11. The number of piperidine rings is 1. The summed E-state index contributed by atoms with van der Waals surface area (Å²) in [5.41, 5.74) is 0. The molecule has 0 aliphatic carbocycles. The number of rotatable bonds is 5. The van der Waals surface area contributed by atoms with Crippen molar-refractivity contribution in [1.82, 2.24) is 4.90 Å². The molecule has 1 heterocycles. The second-order valence-corrected chi connectivity index (χ2v) is 5.14. The van der Waals surface area contributed by atoms with E-state index in [0.717, 1.165) is 32.5 Å². The van der Waals surface area contributed by atoms with Crippen molar-refractivity contribution < 1.29 is 9.53 Å². The van der Waals surface area contributed by atoms with Crippen LogP contribution in [0.2, 0.25) is 0 Å². The zero-order chi connectivity index (χ0) is 12.7. The predicted octanol–water partition coefficient (Wildman–Crippen LogP) is 1.92. The van der Waals surface area contributed by atoms with Gasteiger partial charge in [-0.15, -0.1) is 6.42 Å². The zero-order valence-electron chi connectivity index (χ0n) is 10.9. The number of carbonyl (C=O) groups excluding carboxylic acids is 1. The summed E-state index contributed by atoms with van der Waals surface area (Å²) in [4.78, 5) is 13.8. The number of terminal acetylenes is 1. The van der Waals surface area contributed by atoms with Crippen LogP contribution in [0.25, 0.3) is 0 Å². The minimum Gasteiger partial charge on any atom is -0.369 e. The van der Waals surface area contributed by atoms with Gasteiger partial charge in [0.25, 0.3) is 0 Å². The van der Waals surface area contributed by atoms with Crippen molar-refractivity contribution >= 4 is 5.91 Å². The van der Waals surface area contributed by atoms with E-state index >= 15 is 0 Å². The number of ether oxygens (including phenoxy) is 1. The Morgan fingerprint density at radius 3 is 2.65 bits per heavy atom. The van der Waals surface area contributed by atoms with Crippen LogP contribution in [0, 0.1) is 24.2 Å². The minimum absolute atomic E-state index is 0.294. The van der Waals surface area contributed by atoms with Gasteiger partial charge in [0.1, 0.15) is 6.61 Å². The molecule has 0 unspecified atom stereocenters. The normalized spacial score (nSPS) is 17.2. The van der Waals surface area contributed by atoms with Gasteiger partial charge in [0, 0.05) is 19.5 Å². The maximum absolute atomic E-state index is 11.8. The number of carbonyl (C=O) groups is 1. The minimum atomic E-state index is 0.294. The van der Waals surface area contributed by atoms with Crippen molar-refractivity contribution in [2.24, 2.45) is 11.8 Å². The highest BCUT2D eigenvalue weighted by molar-refractivity contribution is 5.76. The third-order valence-corrected chi connectivity index (χ3v) is 3.09. The van der Waals surface area contributed by atoms with Crippen molar-refractivity contribution in [3.05, 3.63) is 0 Å². The van der Waals surface area contributed by atoms with Gasteiger partial charge >= 0.3 is 0 Å². The zero-order valence-corrected chi connectivity index (χ0v) is 10.9. The predicted molar refractivity (Wildman–Crippen MR) is 68.4 cm³/mol. The van der Waals surface area contributed by atoms with Crippen LogP contribution in [-0.4, -0.2) is 37.1 Å². The molecule has 0 N–H and O–H groups in total. The van der Waals surface area contributed by atoms with Crippen LogP contribution in [0.3, 0.4) is 0 Å². The van der Waals surface area contributed by atoms with E-state index in [1.807, 2.05) is 4.90 Å². The van der Waals surface area contributed by atoms with Crippen LogP contribution >= 0.6 is 0 Å². The van der Waals surface area contributed by atoms with Crippen LogP contribution in [0.5, 0.6) is 0 Å². The monoisotopic (exact) mass is 237 g/mol. The molecular formula is C14H23NO2. The molecule has 0 aromatic carbocycles. The number of likely N-dealkylation sites (tertiary alicyclic amines) is 1. The van der Waals surface area contributed by atoms with Gasteiger partial charge < -0.3 is 9.64 Å². The van der Waals surface area contributed by atoms with Crippen molar-refractivity contribution in [3.8, 4) is 12.3 Å². The molecule has 17 heavy (non-hydrogen) atoms. The van der Waals surface area contributed by atoms with Crippen LogP contribution in [-0.2, 0) is 9.53 Å². The summed E-state index contributed by atoms with van der Waals surface area (Å²) in [7, 11) is 0. The van der Waals surface area contributed by atoms with E-state index in [4.69, 9.17) is 11.2 Å². The number of hydrogen-bond acceptors (Lipinski definition) is 2. The van der Waals surface area contributed by atoms with Crippen LogP contribution in [0.1, 0.15) is 33.1 Å². The molecule has 0 saturated carbocycles.